The maximum Gasteiger partial charge on any atom is 0.422 e. The third kappa shape index (κ3) is 4.22. The number of anilines is 1. The summed E-state index contributed by atoms with van der Waals surface area (Å²) in [6.07, 6.45) is -4.51. The molecule has 19 heavy (non-hydrogen) atoms. The van der Waals surface area contributed by atoms with Gasteiger partial charge in [0.1, 0.15) is 5.56 Å². The van der Waals surface area contributed by atoms with Crippen molar-refractivity contribution in [3.63, 3.8) is 0 Å². The first kappa shape index (κ1) is 15.5. The summed E-state index contributed by atoms with van der Waals surface area (Å²) in [5, 5.41) is 2.43. The molecule has 0 spiro atoms. The summed E-state index contributed by atoms with van der Waals surface area (Å²) in [4.78, 5) is 16.1. The molecule has 0 aromatic heterocycles. The zero-order chi connectivity index (χ0) is 14.6. The minimum atomic E-state index is -4.51. The van der Waals surface area contributed by atoms with Crippen molar-refractivity contribution in [2.75, 3.05) is 12.4 Å². The van der Waals surface area contributed by atoms with Gasteiger partial charge in [0.2, 0.25) is 5.91 Å². The van der Waals surface area contributed by atoms with E-state index in [4.69, 9.17) is 0 Å². The summed E-state index contributed by atoms with van der Waals surface area (Å²) in [5.41, 5.74) is 0.185. The average Bonchev–Trinajstić information content (AvgIpc) is 2.29. The van der Waals surface area contributed by atoms with Gasteiger partial charge in [0.05, 0.1) is 7.11 Å². The van der Waals surface area contributed by atoms with Gasteiger partial charge in [0.15, 0.2) is 5.69 Å². The van der Waals surface area contributed by atoms with E-state index in [1.165, 1.54) is 19.2 Å². The molecule has 1 aromatic rings. The van der Waals surface area contributed by atoms with Gasteiger partial charge in [-0.2, -0.15) is 18.7 Å². The molecule has 0 aliphatic heterocycles. The van der Waals surface area contributed by atoms with Crippen LogP contribution in [0.1, 0.15) is 19.4 Å². The first-order chi connectivity index (χ1) is 8.75. The van der Waals surface area contributed by atoms with Gasteiger partial charge in [-0.15, -0.1) is 0 Å². The van der Waals surface area contributed by atoms with Crippen LogP contribution in [0.25, 0.3) is 0 Å². The Morgan fingerprint density at radius 2 is 2.00 bits per heavy atom. The van der Waals surface area contributed by atoms with Gasteiger partial charge in [-0.05, 0) is 12.1 Å². The predicted octanol–water partition coefficient (Wildman–Crippen LogP) is 2.06. The normalized spacial score (nSPS) is 11.7. The Labute approximate surface area is 108 Å². The number of rotatable bonds is 4. The summed E-state index contributed by atoms with van der Waals surface area (Å²) in [6.45, 7) is 3.32. The second-order valence-corrected chi connectivity index (χ2v) is 4.30. The number of hydrogen-bond donors (Lipinski definition) is 2. The Hall–Kier alpha value is -1.60. The molecule has 4 nitrogen and oxygen atoms in total. The van der Waals surface area contributed by atoms with Crippen LogP contribution < -0.4 is 10.8 Å². The van der Waals surface area contributed by atoms with E-state index < -0.39 is 11.7 Å². The van der Waals surface area contributed by atoms with Gasteiger partial charge >= 0.3 is 6.18 Å². The van der Waals surface area contributed by atoms with Crippen LogP contribution in [0.15, 0.2) is 18.2 Å². The van der Waals surface area contributed by atoms with E-state index in [9.17, 15) is 18.0 Å². The van der Waals surface area contributed by atoms with Crippen molar-refractivity contribution >= 4 is 17.3 Å². The molecule has 0 unspecified atom stereocenters. The second-order valence-electron chi connectivity index (χ2n) is 4.30. The maximum atomic E-state index is 12.9. The number of halogens is 3. The monoisotopic (exact) mass is 277 g/mol. The van der Waals surface area contributed by atoms with Crippen molar-refractivity contribution in [2.45, 2.75) is 20.0 Å². The third-order valence-electron chi connectivity index (χ3n) is 2.40. The fraction of sp³-hybridized carbons (Fsp3) is 0.417. The molecule has 1 amide bonds. The minimum Gasteiger partial charge on any atom is -0.326 e. The van der Waals surface area contributed by atoms with Crippen LogP contribution in [-0.4, -0.2) is 13.0 Å². The van der Waals surface area contributed by atoms with Gasteiger partial charge in [-0.3, -0.25) is 4.79 Å². The van der Waals surface area contributed by atoms with Crippen LogP contribution in [0.5, 0.6) is 0 Å². The Morgan fingerprint density at radius 3 is 2.47 bits per heavy atom. The van der Waals surface area contributed by atoms with E-state index in [-0.39, 0.29) is 23.2 Å². The van der Waals surface area contributed by atoms with E-state index in [0.29, 0.717) is 0 Å². The number of carbonyl (C=O) groups excluding carboxylic acids is 1. The van der Waals surface area contributed by atoms with Crippen LogP contribution in [-0.2, 0) is 15.8 Å². The number of benzene rings is 1. The van der Waals surface area contributed by atoms with Crippen LogP contribution in [0, 0.1) is 5.92 Å². The molecule has 106 valence electrons. The summed E-state index contributed by atoms with van der Waals surface area (Å²) in [7, 11) is 1.27. The van der Waals surface area contributed by atoms with Gasteiger partial charge in [0.25, 0.3) is 0 Å². The molecule has 0 saturated carbocycles. The van der Waals surface area contributed by atoms with Gasteiger partial charge in [-0.1, -0.05) is 13.8 Å². The second kappa shape index (κ2) is 6.03. The van der Waals surface area contributed by atoms with E-state index in [2.05, 4.69) is 10.2 Å². The molecule has 1 aromatic carbocycles. The zero-order valence-corrected chi connectivity index (χ0v) is 10.8. The first-order valence-corrected chi connectivity index (χ1v) is 5.64. The van der Waals surface area contributed by atoms with Gasteiger partial charge in [0, 0.05) is 17.7 Å². The molecule has 0 fully saturated rings. The zero-order valence-electron chi connectivity index (χ0n) is 10.8. The van der Waals surface area contributed by atoms with Crippen LogP contribution in [0.2, 0.25) is 0 Å². The lowest BCUT2D eigenvalue weighted by molar-refractivity contribution is -0.830. The molecule has 0 atom stereocenters. The lowest BCUT2D eigenvalue weighted by atomic mass is 10.1. The molecule has 0 radical (unpaired) electrons. The SMILES string of the molecule is CO[NH2+]c1ccc(NC(=O)C(C)C)cc1C(F)(F)F. The highest BCUT2D eigenvalue weighted by molar-refractivity contribution is 5.92. The summed E-state index contributed by atoms with van der Waals surface area (Å²) < 4.78 is 38.6. The topological polar surface area (TPSA) is 54.9 Å². The largest absolute Gasteiger partial charge is 0.422 e. The maximum absolute atomic E-state index is 12.9. The average molecular weight is 277 g/mol. The van der Waals surface area contributed by atoms with Gasteiger partial charge < -0.3 is 5.32 Å². The molecule has 0 aliphatic rings. The third-order valence-corrected chi connectivity index (χ3v) is 2.40. The minimum absolute atomic E-state index is 0.0856. The Bertz CT molecular complexity index is 459. The highest BCUT2D eigenvalue weighted by atomic mass is 19.4. The molecular formula is C12H16F3N2O2+. The molecular weight excluding hydrogens is 261 g/mol. The molecule has 0 heterocycles. The fourth-order valence-electron chi connectivity index (χ4n) is 1.40. The highest BCUT2D eigenvalue weighted by Crippen LogP contribution is 2.34. The van der Waals surface area contributed by atoms with Crippen molar-refractivity contribution in [3.05, 3.63) is 23.8 Å². The van der Waals surface area contributed by atoms with E-state index >= 15 is 0 Å². The summed E-state index contributed by atoms with van der Waals surface area (Å²) in [6, 6.07) is 3.55. The summed E-state index contributed by atoms with van der Waals surface area (Å²) in [5.74, 6) is -0.642. The van der Waals surface area contributed by atoms with E-state index in [0.717, 1.165) is 11.5 Å². The standard InChI is InChI=1S/C12H15F3N2O2/c1-7(2)11(18)16-8-4-5-10(17-19-3)9(6-8)12(13,14)15/h4-7,17H,1-3H3,(H,16,18)/p+1. The quantitative estimate of drug-likeness (QED) is 0.654. The van der Waals surface area contributed by atoms with E-state index in [1.54, 1.807) is 13.8 Å². The van der Waals surface area contributed by atoms with Crippen molar-refractivity contribution < 1.29 is 28.3 Å². The first-order valence-electron chi connectivity index (χ1n) is 5.64. The smallest absolute Gasteiger partial charge is 0.326 e. The van der Waals surface area contributed by atoms with Crippen LogP contribution >= 0.6 is 0 Å². The molecule has 0 bridgehead atoms. The lowest BCUT2D eigenvalue weighted by Crippen LogP contribution is -2.76. The lowest BCUT2D eigenvalue weighted by Gasteiger charge is -2.13. The van der Waals surface area contributed by atoms with Crippen molar-refractivity contribution in [2.24, 2.45) is 5.92 Å². The molecule has 3 N–H and O–H groups in total. The van der Waals surface area contributed by atoms with Gasteiger partial charge in [-0.25, -0.2) is 4.84 Å². The Morgan fingerprint density at radius 1 is 1.37 bits per heavy atom. The number of alkyl halides is 3. The molecule has 0 saturated heterocycles. The highest BCUT2D eigenvalue weighted by Gasteiger charge is 2.36. The summed E-state index contributed by atoms with van der Waals surface area (Å²) >= 11 is 0. The number of quaternary nitrogens is 1. The van der Waals surface area contributed by atoms with E-state index in [1.807, 2.05) is 0 Å². The molecule has 1 rings (SSSR count). The van der Waals surface area contributed by atoms with Crippen LogP contribution in [0.4, 0.5) is 24.5 Å². The number of carbonyl (C=O) groups is 1. The van der Waals surface area contributed by atoms with Crippen LogP contribution in [0.3, 0.4) is 0 Å². The number of nitrogens with two attached hydrogens (primary N) is 1. The Kier molecular flexibility index (Phi) is 4.90. The fourth-order valence-corrected chi connectivity index (χ4v) is 1.40. The van der Waals surface area contributed by atoms with Crippen molar-refractivity contribution in [1.82, 2.24) is 0 Å². The van der Waals surface area contributed by atoms with Crippen molar-refractivity contribution in [3.8, 4) is 0 Å². The Balaban J connectivity index is 3.08. The predicted molar refractivity (Wildman–Crippen MR) is 63.5 cm³/mol. The number of hydrogen-bond acceptors (Lipinski definition) is 2. The molecule has 0 aliphatic carbocycles. The number of amides is 1. The molecule has 7 heteroatoms. The number of nitrogens with one attached hydrogen (secondary N) is 1. The van der Waals surface area contributed by atoms with Crippen molar-refractivity contribution in [1.29, 1.82) is 0 Å².